The van der Waals surface area contributed by atoms with Gasteiger partial charge in [0.15, 0.2) is 0 Å². The third-order valence-electron chi connectivity index (χ3n) is 3.51. The van der Waals surface area contributed by atoms with Gasteiger partial charge in [0.05, 0.1) is 26.3 Å². The lowest BCUT2D eigenvalue weighted by molar-refractivity contribution is -0.929. The Bertz CT molecular complexity index is 125. The third-order valence-corrected chi connectivity index (χ3v) is 3.51. The number of unbranched alkanes of at least 4 members (excludes halogenated alkanes) is 2. The van der Waals surface area contributed by atoms with Crippen LogP contribution in [0.25, 0.3) is 0 Å². The topological polar surface area (TPSA) is 18.5 Å². The van der Waals surface area contributed by atoms with Crippen molar-refractivity contribution in [1.82, 2.24) is 0 Å². The summed E-state index contributed by atoms with van der Waals surface area (Å²) in [6, 6.07) is 0. The van der Waals surface area contributed by atoms with Crippen LogP contribution in [0.4, 0.5) is 0 Å². The molecule has 0 aliphatic carbocycles. The van der Waals surface area contributed by atoms with Gasteiger partial charge in [-0.05, 0) is 12.8 Å². The van der Waals surface area contributed by atoms with E-state index in [2.05, 4.69) is 13.8 Å². The fourth-order valence-corrected chi connectivity index (χ4v) is 2.23. The summed E-state index contributed by atoms with van der Waals surface area (Å²) < 4.78 is 11.7. The van der Waals surface area contributed by atoms with Gasteiger partial charge in [0.1, 0.15) is 13.1 Å². The van der Waals surface area contributed by atoms with Crippen LogP contribution in [0.2, 0.25) is 0 Å². The molecule has 3 heteroatoms. The molecule has 3 nitrogen and oxygen atoms in total. The number of methoxy groups -OCH3 is 2. The second-order valence-corrected chi connectivity index (χ2v) is 4.93. The minimum absolute atomic E-state index is 0.858. The molecule has 0 amide bonds. The average Bonchev–Trinajstić information content (AvgIpc) is 2.37. The van der Waals surface area contributed by atoms with Gasteiger partial charge in [-0.1, -0.05) is 26.7 Å². The quantitative estimate of drug-likeness (QED) is 0.493. The maximum Gasteiger partial charge on any atom is 0.102 e. The molecule has 0 atom stereocenters. The van der Waals surface area contributed by atoms with E-state index in [-0.39, 0.29) is 0 Å². The number of hydrogen-bond acceptors (Lipinski definition) is 2. The maximum atomic E-state index is 5.28. The van der Waals surface area contributed by atoms with Crippen molar-refractivity contribution < 1.29 is 14.0 Å². The molecule has 0 N–H and O–H groups in total. The lowest BCUT2D eigenvalue weighted by atomic mass is 10.2. The minimum Gasteiger partial charge on any atom is -0.379 e. The van der Waals surface area contributed by atoms with Gasteiger partial charge in [-0.25, -0.2) is 0 Å². The molecule has 0 aromatic heterocycles. The van der Waals surface area contributed by atoms with Crippen molar-refractivity contribution in [3.05, 3.63) is 0 Å². The van der Waals surface area contributed by atoms with E-state index < -0.39 is 0 Å². The van der Waals surface area contributed by atoms with Gasteiger partial charge in [-0.3, -0.25) is 0 Å². The molecule has 0 heterocycles. The molecule has 0 saturated heterocycles. The van der Waals surface area contributed by atoms with E-state index in [4.69, 9.17) is 9.47 Å². The number of quaternary nitrogens is 1. The SMILES string of the molecule is CCCC[N+](CCCC)(CCOC)CCOC. The Kier molecular flexibility index (Phi) is 10.9. The normalized spacial score (nSPS) is 12.0. The molecule has 0 aliphatic rings. The van der Waals surface area contributed by atoms with E-state index >= 15 is 0 Å². The molecule has 104 valence electrons. The second kappa shape index (κ2) is 11.0. The van der Waals surface area contributed by atoms with Crippen molar-refractivity contribution in [2.24, 2.45) is 0 Å². The summed E-state index contributed by atoms with van der Waals surface area (Å²) in [6.07, 6.45) is 5.15. The largest absolute Gasteiger partial charge is 0.379 e. The highest BCUT2D eigenvalue weighted by molar-refractivity contribution is 4.48. The van der Waals surface area contributed by atoms with E-state index in [1.54, 1.807) is 14.2 Å². The van der Waals surface area contributed by atoms with Gasteiger partial charge in [-0.15, -0.1) is 0 Å². The molecule has 0 fully saturated rings. The van der Waals surface area contributed by atoms with Crippen molar-refractivity contribution in [3.63, 3.8) is 0 Å². The molecule has 0 aromatic carbocycles. The fourth-order valence-electron chi connectivity index (χ4n) is 2.23. The smallest absolute Gasteiger partial charge is 0.102 e. The van der Waals surface area contributed by atoms with Crippen molar-refractivity contribution in [3.8, 4) is 0 Å². The summed E-state index contributed by atoms with van der Waals surface area (Å²) in [7, 11) is 3.59. The van der Waals surface area contributed by atoms with Crippen molar-refractivity contribution >= 4 is 0 Å². The Morgan fingerprint density at radius 1 is 0.706 bits per heavy atom. The Hall–Kier alpha value is -0.120. The highest BCUT2D eigenvalue weighted by Gasteiger charge is 2.25. The lowest BCUT2D eigenvalue weighted by Gasteiger charge is -2.38. The molecular weight excluding hydrogens is 214 g/mol. The van der Waals surface area contributed by atoms with Crippen LogP contribution < -0.4 is 0 Å². The summed E-state index contributed by atoms with van der Waals surface area (Å²) >= 11 is 0. The van der Waals surface area contributed by atoms with Gasteiger partial charge in [0.25, 0.3) is 0 Å². The lowest BCUT2D eigenvalue weighted by Crippen LogP contribution is -2.53. The van der Waals surface area contributed by atoms with Crippen LogP contribution in [-0.2, 0) is 9.47 Å². The summed E-state index contributed by atoms with van der Waals surface area (Å²) in [4.78, 5) is 0. The van der Waals surface area contributed by atoms with Crippen molar-refractivity contribution in [1.29, 1.82) is 0 Å². The molecule has 0 aliphatic heterocycles. The zero-order valence-corrected chi connectivity index (χ0v) is 12.3. The summed E-state index contributed by atoms with van der Waals surface area (Å²) in [5.41, 5.74) is 0. The fraction of sp³-hybridized carbons (Fsp3) is 1.00. The van der Waals surface area contributed by atoms with Gasteiger partial charge in [0, 0.05) is 14.2 Å². The second-order valence-electron chi connectivity index (χ2n) is 4.93. The van der Waals surface area contributed by atoms with Gasteiger partial charge in [0.2, 0.25) is 0 Å². The predicted octanol–water partition coefficient (Wildman–Crippen LogP) is 2.70. The van der Waals surface area contributed by atoms with Crippen LogP contribution in [0.1, 0.15) is 39.5 Å². The summed E-state index contributed by atoms with van der Waals surface area (Å²) in [6.45, 7) is 11.0. The maximum absolute atomic E-state index is 5.28. The summed E-state index contributed by atoms with van der Waals surface area (Å²) in [5.74, 6) is 0. The molecular formula is C14H32NO2+. The third kappa shape index (κ3) is 7.74. The molecule has 0 saturated carbocycles. The zero-order chi connectivity index (χ0) is 13.0. The van der Waals surface area contributed by atoms with E-state index in [1.165, 1.54) is 43.3 Å². The number of ether oxygens (including phenoxy) is 2. The number of rotatable bonds is 12. The average molecular weight is 246 g/mol. The predicted molar refractivity (Wildman–Crippen MR) is 73.3 cm³/mol. The molecule has 0 rings (SSSR count). The Morgan fingerprint density at radius 3 is 1.41 bits per heavy atom. The Balaban J connectivity index is 4.39. The first kappa shape index (κ1) is 16.9. The Labute approximate surface area is 108 Å². The van der Waals surface area contributed by atoms with Crippen LogP contribution in [0.15, 0.2) is 0 Å². The van der Waals surface area contributed by atoms with E-state index in [0.717, 1.165) is 26.3 Å². The minimum atomic E-state index is 0.858. The monoisotopic (exact) mass is 246 g/mol. The standard InChI is InChI=1S/C14H32NO2/c1-5-7-9-15(10-8-6-2,11-13-16-3)12-14-17-4/h5-14H2,1-4H3/q+1. The van der Waals surface area contributed by atoms with Gasteiger partial charge >= 0.3 is 0 Å². The van der Waals surface area contributed by atoms with Crippen LogP contribution in [-0.4, -0.2) is 58.1 Å². The molecule has 0 unspecified atom stereocenters. The molecule has 17 heavy (non-hydrogen) atoms. The van der Waals surface area contributed by atoms with Gasteiger partial charge < -0.3 is 14.0 Å². The first-order valence-electron chi connectivity index (χ1n) is 7.07. The summed E-state index contributed by atoms with van der Waals surface area (Å²) in [5, 5.41) is 0. The highest BCUT2D eigenvalue weighted by atomic mass is 16.5. The van der Waals surface area contributed by atoms with Crippen molar-refractivity contribution in [2.75, 3.05) is 53.6 Å². The number of nitrogens with zero attached hydrogens (tertiary/aromatic N) is 1. The molecule has 0 bridgehead atoms. The zero-order valence-electron chi connectivity index (χ0n) is 12.3. The van der Waals surface area contributed by atoms with Crippen LogP contribution in [0.5, 0.6) is 0 Å². The van der Waals surface area contributed by atoms with E-state index in [1.807, 2.05) is 0 Å². The Morgan fingerprint density at radius 2 is 1.12 bits per heavy atom. The van der Waals surface area contributed by atoms with Gasteiger partial charge in [-0.2, -0.15) is 0 Å². The molecule has 0 aromatic rings. The van der Waals surface area contributed by atoms with E-state index in [0.29, 0.717) is 0 Å². The van der Waals surface area contributed by atoms with E-state index in [9.17, 15) is 0 Å². The van der Waals surface area contributed by atoms with Crippen LogP contribution >= 0.6 is 0 Å². The molecule has 0 spiro atoms. The van der Waals surface area contributed by atoms with Crippen LogP contribution in [0.3, 0.4) is 0 Å². The molecule has 0 radical (unpaired) electrons. The van der Waals surface area contributed by atoms with Crippen molar-refractivity contribution in [2.45, 2.75) is 39.5 Å². The van der Waals surface area contributed by atoms with Crippen LogP contribution in [0, 0.1) is 0 Å². The highest BCUT2D eigenvalue weighted by Crippen LogP contribution is 2.12. The first-order chi connectivity index (χ1) is 8.24. The first-order valence-corrected chi connectivity index (χ1v) is 7.07. The number of hydrogen-bond donors (Lipinski definition) is 0.